The van der Waals surface area contributed by atoms with Gasteiger partial charge in [-0.05, 0) is 41.6 Å². The molecule has 3 rings (SSSR count). The van der Waals surface area contributed by atoms with Gasteiger partial charge in [-0.2, -0.15) is 0 Å². The van der Waals surface area contributed by atoms with E-state index in [4.69, 9.17) is 0 Å². The van der Waals surface area contributed by atoms with Crippen molar-refractivity contribution >= 4 is 32.4 Å². The average Bonchev–Trinajstić information content (AvgIpc) is 2.48. The summed E-state index contributed by atoms with van der Waals surface area (Å²) in [7, 11) is 0. The molecule has 3 heteroatoms. The highest BCUT2D eigenvalue weighted by Gasteiger charge is 2.02. The van der Waals surface area contributed by atoms with Gasteiger partial charge in [0.1, 0.15) is 0 Å². The van der Waals surface area contributed by atoms with E-state index in [1.54, 1.807) is 0 Å². The number of aryl methyl sites for hydroxylation is 1. The second-order valence-corrected chi connectivity index (χ2v) is 5.74. The Morgan fingerprint density at radius 1 is 1.15 bits per heavy atom. The van der Waals surface area contributed by atoms with E-state index >= 15 is 0 Å². The van der Waals surface area contributed by atoms with Crippen molar-refractivity contribution in [1.82, 2.24) is 4.98 Å². The molecule has 0 bridgehead atoms. The van der Waals surface area contributed by atoms with Crippen LogP contribution in [0.3, 0.4) is 0 Å². The Hall–Kier alpha value is -1.87. The van der Waals surface area contributed by atoms with Gasteiger partial charge in [-0.1, -0.05) is 40.2 Å². The molecule has 0 aliphatic heterocycles. The molecule has 0 saturated carbocycles. The molecule has 2 nitrogen and oxygen atoms in total. The third-order valence-corrected chi connectivity index (χ3v) is 3.93. The molecule has 1 aromatic heterocycles. The van der Waals surface area contributed by atoms with Gasteiger partial charge in [0.2, 0.25) is 0 Å². The molecular weight excluding hydrogens is 312 g/mol. The summed E-state index contributed by atoms with van der Waals surface area (Å²) in [4.78, 5) is 4.17. The summed E-state index contributed by atoms with van der Waals surface area (Å²) in [5.41, 5.74) is 3.69. The quantitative estimate of drug-likeness (QED) is 0.739. The van der Waals surface area contributed by atoms with Crippen LogP contribution in [0, 0.1) is 6.92 Å². The fourth-order valence-corrected chi connectivity index (χ4v) is 2.68. The fourth-order valence-electron chi connectivity index (χ4n) is 2.32. The van der Waals surface area contributed by atoms with Gasteiger partial charge in [-0.3, -0.25) is 4.98 Å². The van der Waals surface area contributed by atoms with Crippen molar-refractivity contribution in [3.63, 3.8) is 0 Å². The summed E-state index contributed by atoms with van der Waals surface area (Å²) in [5, 5.41) is 5.94. The lowest BCUT2D eigenvalue weighted by Crippen LogP contribution is -2.01. The molecule has 0 saturated heterocycles. The van der Waals surface area contributed by atoms with E-state index in [9.17, 15) is 0 Å². The van der Waals surface area contributed by atoms with Crippen molar-refractivity contribution in [3.8, 4) is 0 Å². The minimum Gasteiger partial charge on any atom is -0.381 e. The fraction of sp³-hybridized carbons (Fsp3) is 0.118. The summed E-state index contributed by atoms with van der Waals surface area (Å²) < 4.78 is 1.09. The number of rotatable bonds is 3. The molecule has 2 aromatic carbocycles. The molecule has 3 aromatic rings. The van der Waals surface area contributed by atoms with E-state index < -0.39 is 0 Å². The van der Waals surface area contributed by atoms with Crippen LogP contribution in [0.15, 0.2) is 59.3 Å². The van der Waals surface area contributed by atoms with Gasteiger partial charge in [-0.25, -0.2) is 0 Å². The Labute approximate surface area is 127 Å². The number of benzene rings is 2. The second kappa shape index (κ2) is 5.63. The summed E-state index contributed by atoms with van der Waals surface area (Å²) in [6.07, 6.45) is 3.75. The molecule has 0 atom stereocenters. The van der Waals surface area contributed by atoms with Crippen LogP contribution in [-0.2, 0) is 6.54 Å². The number of aromatic nitrogens is 1. The Morgan fingerprint density at radius 2 is 2.05 bits per heavy atom. The third kappa shape index (κ3) is 2.68. The zero-order chi connectivity index (χ0) is 13.9. The molecule has 20 heavy (non-hydrogen) atoms. The molecule has 0 spiro atoms. The number of nitrogens with zero attached hydrogens (tertiary/aromatic N) is 1. The molecule has 0 aliphatic carbocycles. The van der Waals surface area contributed by atoms with Crippen LogP contribution in [-0.4, -0.2) is 4.98 Å². The Balaban J connectivity index is 1.89. The van der Waals surface area contributed by atoms with Crippen molar-refractivity contribution < 1.29 is 0 Å². The number of halogens is 1. The zero-order valence-electron chi connectivity index (χ0n) is 11.2. The van der Waals surface area contributed by atoms with Gasteiger partial charge >= 0.3 is 0 Å². The van der Waals surface area contributed by atoms with Crippen LogP contribution >= 0.6 is 15.9 Å². The average molecular weight is 327 g/mol. The molecule has 0 amide bonds. The van der Waals surface area contributed by atoms with E-state index in [0.717, 1.165) is 16.7 Å². The molecule has 0 fully saturated rings. The minimum absolute atomic E-state index is 0.804. The predicted octanol–water partition coefficient (Wildman–Crippen LogP) is 4.92. The first-order valence-electron chi connectivity index (χ1n) is 6.56. The van der Waals surface area contributed by atoms with Crippen molar-refractivity contribution in [1.29, 1.82) is 0 Å². The van der Waals surface area contributed by atoms with Gasteiger partial charge in [0, 0.05) is 34.5 Å². The second-order valence-electron chi connectivity index (χ2n) is 4.83. The minimum atomic E-state index is 0.804. The third-order valence-electron chi connectivity index (χ3n) is 3.44. The molecule has 1 heterocycles. The Kier molecular flexibility index (Phi) is 3.70. The van der Waals surface area contributed by atoms with E-state index in [1.807, 2.05) is 12.4 Å². The van der Waals surface area contributed by atoms with Gasteiger partial charge < -0.3 is 5.32 Å². The SMILES string of the molecule is Cc1ccc(Br)cc1NCc1cccc2cnccc12. The van der Waals surface area contributed by atoms with Crippen molar-refractivity contribution in [2.45, 2.75) is 13.5 Å². The lowest BCUT2D eigenvalue weighted by atomic mass is 10.1. The van der Waals surface area contributed by atoms with Crippen LogP contribution in [0.25, 0.3) is 10.8 Å². The summed E-state index contributed by atoms with van der Waals surface area (Å²) in [5.74, 6) is 0. The van der Waals surface area contributed by atoms with Gasteiger partial charge in [0.25, 0.3) is 0 Å². The Morgan fingerprint density at radius 3 is 2.95 bits per heavy atom. The maximum atomic E-state index is 4.17. The standard InChI is InChI=1S/C17H15BrN2/c1-12-5-6-15(18)9-17(12)20-11-14-4-2-3-13-10-19-8-7-16(13)14/h2-10,20H,11H2,1H3. The topological polar surface area (TPSA) is 24.9 Å². The zero-order valence-corrected chi connectivity index (χ0v) is 12.8. The highest BCUT2D eigenvalue weighted by atomic mass is 79.9. The lowest BCUT2D eigenvalue weighted by molar-refractivity contribution is 1.15. The molecular formula is C17H15BrN2. The highest BCUT2D eigenvalue weighted by molar-refractivity contribution is 9.10. The summed E-state index contributed by atoms with van der Waals surface area (Å²) in [6.45, 7) is 2.92. The molecule has 0 unspecified atom stereocenters. The van der Waals surface area contributed by atoms with Crippen LogP contribution < -0.4 is 5.32 Å². The number of hydrogen-bond donors (Lipinski definition) is 1. The van der Waals surface area contributed by atoms with Crippen molar-refractivity contribution in [3.05, 3.63) is 70.5 Å². The first-order chi connectivity index (χ1) is 9.74. The van der Waals surface area contributed by atoms with E-state index in [1.165, 1.54) is 21.9 Å². The van der Waals surface area contributed by atoms with E-state index in [-0.39, 0.29) is 0 Å². The number of fused-ring (bicyclic) bond motifs is 1. The molecule has 0 radical (unpaired) electrons. The Bertz CT molecular complexity index is 748. The molecule has 1 N–H and O–H groups in total. The van der Waals surface area contributed by atoms with Gasteiger partial charge in [0.05, 0.1) is 0 Å². The monoisotopic (exact) mass is 326 g/mol. The predicted molar refractivity (Wildman–Crippen MR) is 87.9 cm³/mol. The number of nitrogens with one attached hydrogen (secondary N) is 1. The maximum Gasteiger partial charge on any atom is 0.0407 e. The van der Waals surface area contributed by atoms with E-state index in [0.29, 0.717) is 0 Å². The smallest absolute Gasteiger partial charge is 0.0407 e. The summed E-state index contributed by atoms with van der Waals surface area (Å²) in [6, 6.07) is 14.7. The summed E-state index contributed by atoms with van der Waals surface area (Å²) >= 11 is 3.51. The molecule has 0 aliphatic rings. The normalized spacial score (nSPS) is 10.7. The first-order valence-corrected chi connectivity index (χ1v) is 7.35. The van der Waals surface area contributed by atoms with Crippen molar-refractivity contribution in [2.75, 3.05) is 5.32 Å². The van der Waals surface area contributed by atoms with Crippen LogP contribution in [0.2, 0.25) is 0 Å². The lowest BCUT2D eigenvalue weighted by Gasteiger charge is -2.12. The maximum absolute atomic E-state index is 4.17. The number of anilines is 1. The van der Waals surface area contributed by atoms with Crippen molar-refractivity contribution in [2.24, 2.45) is 0 Å². The highest BCUT2D eigenvalue weighted by Crippen LogP contribution is 2.23. The van der Waals surface area contributed by atoms with Crippen LogP contribution in [0.1, 0.15) is 11.1 Å². The largest absolute Gasteiger partial charge is 0.381 e. The first kappa shape index (κ1) is 13.1. The number of hydrogen-bond acceptors (Lipinski definition) is 2. The number of pyridine rings is 1. The molecule has 100 valence electrons. The van der Waals surface area contributed by atoms with Gasteiger partial charge in [-0.15, -0.1) is 0 Å². The van der Waals surface area contributed by atoms with Crippen LogP contribution in [0.5, 0.6) is 0 Å². The van der Waals surface area contributed by atoms with Crippen LogP contribution in [0.4, 0.5) is 5.69 Å². The van der Waals surface area contributed by atoms with E-state index in [2.05, 4.69) is 75.6 Å². The van der Waals surface area contributed by atoms with Gasteiger partial charge in [0.15, 0.2) is 0 Å².